The predicted octanol–water partition coefficient (Wildman–Crippen LogP) is 1.03. The number of esters is 2. The van der Waals surface area contributed by atoms with Crippen LogP contribution < -0.4 is 5.32 Å². The van der Waals surface area contributed by atoms with E-state index in [-0.39, 0.29) is 24.2 Å². The summed E-state index contributed by atoms with van der Waals surface area (Å²) in [7, 11) is 2.62. The summed E-state index contributed by atoms with van der Waals surface area (Å²) in [6.45, 7) is 3.66. The van der Waals surface area contributed by atoms with E-state index in [4.69, 9.17) is 0 Å². The maximum Gasteiger partial charge on any atom is 0.328 e. The molecule has 0 radical (unpaired) electrons. The largest absolute Gasteiger partial charge is 0.469 e. The monoisotopic (exact) mass is 273 g/mol. The van der Waals surface area contributed by atoms with Crippen LogP contribution in [0.3, 0.4) is 0 Å². The average molecular weight is 273 g/mol. The van der Waals surface area contributed by atoms with Crippen molar-refractivity contribution in [3.63, 3.8) is 0 Å². The van der Waals surface area contributed by atoms with Crippen LogP contribution >= 0.6 is 0 Å². The van der Waals surface area contributed by atoms with Gasteiger partial charge in [-0.1, -0.05) is 13.8 Å². The minimum absolute atomic E-state index is 0.0357. The molecule has 0 aliphatic rings. The van der Waals surface area contributed by atoms with Gasteiger partial charge in [0.15, 0.2) is 0 Å². The third-order valence-corrected chi connectivity index (χ3v) is 2.70. The average Bonchev–Trinajstić information content (AvgIpc) is 2.39. The summed E-state index contributed by atoms with van der Waals surface area (Å²) in [4.78, 5) is 34.0. The Hall–Kier alpha value is -1.59. The SMILES string of the molecule is COC(=O)CCCCC(=O)N[C@@H](C(=O)OC)C(C)C. The first-order valence-corrected chi connectivity index (χ1v) is 6.36. The number of hydrogen-bond donors (Lipinski definition) is 1. The van der Waals surface area contributed by atoms with Gasteiger partial charge in [0, 0.05) is 12.8 Å². The summed E-state index contributed by atoms with van der Waals surface area (Å²) >= 11 is 0. The van der Waals surface area contributed by atoms with Crippen LogP contribution in [0.5, 0.6) is 0 Å². The molecule has 0 bridgehead atoms. The number of ether oxygens (including phenoxy) is 2. The van der Waals surface area contributed by atoms with E-state index in [0.717, 1.165) is 0 Å². The molecule has 1 atom stereocenters. The van der Waals surface area contributed by atoms with E-state index in [1.807, 2.05) is 13.8 Å². The molecule has 0 unspecified atom stereocenters. The minimum atomic E-state index is -0.627. The van der Waals surface area contributed by atoms with E-state index in [9.17, 15) is 14.4 Å². The van der Waals surface area contributed by atoms with Crippen molar-refractivity contribution in [1.82, 2.24) is 5.32 Å². The maximum absolute atomic E-state index is 11.7. The van der Waals surface area contributed by atoms with Crippen LogP contribution in [-0.4, -0.2) is 38.1 Å². The zero-order valence-corrected chi connectivity index (χ0v) is 12.0. The normalized spacial score (nSPS) is 11.8. The number of methoxy groups -OCH3 is 2. The molecule has 110 valence electrons. The second-order valence-electron chi connectivity index (χ2n) is 4.60. The topological polar surface area (TPSA) is 81.7 Å². The van der Waals surface area contributed by atoms with Crippen LogP contribution in [0.25, 0.3) is 0 Å². The highest BCUT2D eigenvalue weighted by Gasteiger charge is 2.24. The summed E-state index contributed by atoms with van der Waals surface area (Å²) in [6.07, 6.45) is 1.74. The Morgan fingerprint density at radius 2 is 1.58 bits per heavy atom. The summed E-state index contributed by atoms with van der Waals surface area (Å²) in [6, 6.07) is -0.627. The van der Waals surface area contributed by atoms with Crippen LogP contribution in [0.2, 0.25) is 0 Å². The molecule has 0 aromatic carbocycles. The van der Waals surface area contributed by atoms with Gasteiger partial charge in [0.05, 0.1) is 14.2 Å². The first kappa shape index (κ1) is 17.4. The van der Waals surface area contributed by atoms with Crippen LogP contribution in [0.1, 0.15) is 39.5 Å². The van der Waals surface area contributed by atoms with Crippen molar-refractivity contribution in [2.75, 3.05) is 14.2 Å². The molecule has 0 aromatic rings. The van der Waals surface area contributed by atoms with Crippen LogP contribution in [0.15, 0.2) is 0 Å². The Bertz CT molecular complexity index is 314. The quantitative estimate of drug-likeness (QED) is 0.527. The van der Waals surface area contributed by atoms with E-state index in [2.05, 4.69) is 14.8 Å². The van der Waals surface area contributed by atoms with Gasteiger partial charge in [-0.15, -0.1) is 0 Å². The van der Waals surface area contributed by atoms with Gasteiger partial charge in [-0.2, -0.15) is 0 Å². The van der Waals surface area contributed by atoms with Crippen molar-refractivity contribution in [3.05, 3.63) is 0 Å². The van der Waals surface area contributed by atoms with E-state index in [0.29, 0.717) is 19.3 Å². The molecular formula is C13H23NO5. The third kappa shape index (κ3) is 7.43. The van der Waals surface area contributed by atoms with E-state index in [1.54, 1.807) is 0 Å². The Kier molecular flexibility index (Phi) is 8.57. The van der Waals surface area contributed by atoms with E-state index < -0.39 is 12.0 Å². The number of carbonyl (C=O) groups is 3. The predicted molar refractivity (Wildman–Crippen MR) is 69.3 cm³/mol. The Morgan fingerprint density at radius 1 is 1.00 bits per heavy atom. The summed E-state index contributed by atoms with van der Waals surface area (Å²) in [5, 5.41) is 2.64. The fourth-order valence-corrected chi connectivity index (χ4v) is 1.53. The number of hydrogen-bond acceptors (Lipinski definition) is 5. The van der Waals surface area contributed by atoms with Gasteiger partial charge in [-0.05, 0) is 18.8 Å². The molecule has 0 saturated heterocycles. The molecule has 0 fully saturated rings. The van der Waals surface area contributed by atoms with Crippen LogP contribution in [0, 0.1) is 5.92 Å². The number of rotatable bonds is 8. The molecule has 6 heteroatoms. The molecule has 0 heterocycles. The lowest BCUT2D eigenvalue weighted by atomic mass is 10.0. The van der Waals surface area contributed by atoms with E-state index >= 15 is 0 Å². The summed E-state index contributed by atoms with van der Waals surface area (Å²) < 4.78 is 9.13. The van der Waals surface area contributed by atoms with Crippen molar-refractivity contribution in [1.29, 1.82) is 0 Å². The fraction of sp³-hybridized carbons (Fsp3) is 0.769. The van der Waals surface area contributed by atoms with Gasteiger partial charge < -0.3 is 14.8 Å². The van der Waals surface area contributed by atoms with E-state index in [1.165, 1.54) is 14.2 Å². The lowest BCUT2D eigenvalue weighted by Gasteiger charge is -2.19. The summed E-state index contributed by atoms with van der Waals surface area (Å²) in [5.74, 6) is -0.978. The summed E-state index contributed by atoms with van der Waals surface area (Å²) in [5.41, 5.74) is 0. The van der Waals surface area contributed by atoms with Crippen molar-refractivity contribution in [2.24, 2.45) is 5.92 Å². The van der Waals surface area contributed by atoms with Gasteiger partial charge >= 0.3 is 11.9 Å². The molecular weight excluding hydrogens is 250 g/mol. The first-order valence-electron chi connectivity index (χ1n) is 6.36. The van der Waals surface area contributed by atoms with Crippen molar-refractivity contribution >= 4 is 17.8 Å². The van der Waals surface area contributed by atoms with Gasteiger partial charge in [-0.3, -0.25) is 9.59 Å². The highest BCUT2D eigenvalue weighted by atomic mass is 16.5. The van der Waals surface area contributed by atoms with Crippen molar-refractivity contribution in [3.8, 4) is 0 Å². The highest BCUT2D eigenvalue weighted by molar-refractivity contribution is 5.84. The smallest absolute Gasteiger partial charge is 0.328 e. The molecule has 0 aliphatic heterocycles. The lowest BCUT2D eigenvalue weighted by molar-refractivity contribution is -0.146. The fourth-order valence-electron chi connectivity index (χ4n) is 1.53. The number of unbranched alkanes of at least 4 members (excludes halogenated alkanes) is 1. The third-order valence-electron chi connectivity index (χ3n) is 2.70. The molecule has 0 saturated carbocycles. The molecule has 19 heavy (non-hydrogen) atoms. The van der Waals surface area contributed by atoms with Gasteiger partial charge in [0.2, 0.25) is 5.91 Å². The van der Waals surface area contributed by atoms with Gasteiger partial charge in [-0.25, -0.2) is 4.79 Å². The second kappa shape index (κ2) is 9.35. The number of nitrogens with one attached hydrogen (secondary N) is 1. The molecule has 1 amide bonds. The molecule has 0 rings (SSSR count). The molecule has 0 aromatic heterocycles. The maximum atomic E-state index is 11.7. The van der Waals surface area contributed by atoms with Gasteiger partial charge in [0.25, 0.3) is 0 Å². The Morgan fingerprint density at radius 3 is 2.05 bits per heavy atom. The zero-order valence-electron chi connectivity index (χ0n) is 12.0. The molecule has 6 nitrogen and oxygen atoms in total. The minimum Gasteiger partial charge on any atom is -0.469 e. The lowest BCUT2D eigenvalue weighted by Crippen LogP contribution is -2.44. The highest BCUT2D eigenvalue weighted by Crippen LogP contribution is 2.06. The Labute approximate surface area is 113 Å². The molecule has 1 N–H and O–H groups in total. The number of carbonyl (C=O) groups excluding carboxylic acids is 3. The zero-order chi connectivity index (χ0) is 14.8. The number of amides is 1. The Balaban J connectivity index is 4.01. The van der Waals surface area contributed by atoms with Crippen LogP contribution in [0.4, 0.5) is 0 Å². The van der Waals surface area contributed by atoms with Crippen LogP contribution in [-0.2, 0) is 23.9 Å². The molecule has 0 spiro atoms. The van der Waals surface area contributed by atoms with Crippen molar-refractivity contribution < 1.29 is 23.9 Å². The van der Waals surface area contributed by atoms with Crippen molar-refractivity contribution in [2.45, 2.75) is 45.6 Å². The first-order chi connectivity index (χ1) is 8.92. The van der Waals surface area contributed by atoms with Gasteiger partial charge in [0.1, 0.15) is 6.04 Å². The standard InChI is InChI=1S/C13H23NO5/c1-9(2)12(13(17)19-4)14-10(15)7-5-6-8-11(16)18-3/h9,12H,5-8H2,1-4H3,(H,14,15)/t12-/m1/s1. The molecule has 0 aliphatic carbocycles. The second-order valence-corrected chi connectivity index (χ2v) is 4.60.